The first kappa shape index (κ1) is 26.0. The summed E-state index contributed by atoms with van der Waals surface area (Å²) in [4.78, 5) is 18.7. The zero-order valence-electron chi connectivity index (χ0n) is 21.2. The van der Waals surface area contributed by atoms with Crippen molar-refractivity contribution in [1.82, 2.24) is 19.8 Å². The Morgan fingerprint density at radius 2 is 1.86 bits per heavy atom. The van der Waals surface area contributed by atoms with Gasteiger partial charge < -0.3 is 24.3 Å². The predicted molar refractivity (Wildman–Crippen MR) is 140 cm³/mol. The molecule has 3 aromatic rings. The second kappa shape index (κ2) is 13.3. The summed E-state index contributed by atoms with van der Waals surface area (Å²) in [6.45, 7) is 4.50. The van der Waals surface area contributed by atoms with Gasteiger partial charge in [0.2, 0.25) is 5.91 Å². The minimum atomic E-state index is 0.0414. The van der Waals surface area contributed by atoms with Crippen molar-refractivity contribution in [1.29, 1.82) is 0 Å². The molecule has 0 aliphatic heterocycles. The van der Waals surface area contributed by atoms with Gasteiger partial charge in [-0.15, -0.1) is 0 Å². The summed E-state index contributed by atoms with van der Waals surface area (Å²) in [5.41, 5.74) is 4.32. The minimum Gasteiger partial charge on any atom is -0.493 e. The average Bonchev–Trinajstić information content (AvgIpc) is 3.31. The Kier molecular flexibility index (Phi) is 9.93. The molecule has 0 radical (unpaired) electrons. The molecule has 35 heavy (non-hydrogen) atoms. The van der Waals surface area contributed by atoms with Crippen LogP contribution in [-0.2, 0) is 11.2 Å². The molecule has 0 atom stereocenters. The summed E-state index contributed by atoms with van der Waals surface area (Å²) in [7, 11) is 5.40. The molecule has 0 aliphatic carbocycles. The zero-order chi connectivity index (χ0) is 25.0. The number of carbonyl (C=O) groups excluding carboxylic acids is 1. The maximum Gasteiger partial charge on any atom is 0.223 e. The van der Waals surface area contributed by atoms with Crippen LogP contribution in [0.3, 0.4) is 0 Å². The minimum absolute atomic E-state index is 0.0414. The van der Waals surface area contributed by atoms with E-state index in [1.54, 1.807) is 20.5 Å². The summed E-state index contributed by atoms with van der Waals surface area (Å²) < 4.78 is 12.7. The van der Waals surface area contributed by atoms with Crippen LogP contribution >= 0.6 is 0 Å². The van der Waals surface area contributed by atoms with Gasteiger partial charge in [-0.2, -0.15) is 0 Å². The number of ether oxygens (including phenoxy) is 2. The maximum atomic E-state index is 12.1. The highest BCUT2D eigenvalue weighted by molar-refractivity contribution is 5.78. The lowest BCUT2D eigenvalue weighted by Gasteiger charge is -2.17. The number of likely N-dealkylation sites (N-methyl/N-ethyl adjacent to an activating group) is 1. The first-order valence-electron chi connectivity index (χ1n) is 11.9. The van der Waals surface area contributed by atoms with Crippen LogP contribution in [0.1, 0.15) is 29.7 Å². The van der Waals surface area contributed by atoms with Crippen LogP contribution in [-0.4, -0.2) is 61.3 Å². The third-order valence-electron chi connectivity index (χ3n) is 5.79. The van der Waals surface area contributed by atoms with Gasteiger partial charge in [0.15, 0.2) is 11.5 Å². The number of benzene rings is 2. The Hall–Kier alpha value is -3.58. The lowest BCUT2D eigenvalue weighted by atomic mass is 10.1. The standard InChI is InChI=1S/C28H36N4O3/c1-22-20-32(21-30-22)25-12-9-23(10-13-25)7-5-8-28(33)29-16-6-17-31(2)18-15-24-11-14-26(34-3)27(19-24)35-4/h5,7,9-14,19-21H,6,8,15-18H2,1-4H3,(H,29,33). The van der Waals surface area contributed by atoms with Crippen molar-refractivity contribution in [2.24, 2.45) is 0 Å². The molecule has 0 spiro atoms. The fraction of sp³-hybridized carbons (Fsp3) is 0.357. The van der Waals surface area contributed by atoms with Crippen molar-refractivity contribution in [2.75, 3.05) is 40.9 Å². The number of methoxy groups -OCH3 is 2. The van der Waals surface area contributed by atoms with Crippen molar-refractivity contribution >= 4 is 12.0 Å². The molecule has 0 saturated carbocycles. The lowest BCUT2D eigenvalue weighted by Crippen LogP contribution is -2.28. The van der Waals surface area contributed by atoms with E-state index < -0.39 is 0 Å². The largest absolute Gasteiger partial charge is 0.493 e. The number of aryl methyl sites for hydroxylation is 1. The Bertz CT molecular complexity index is 1110. The van der Waals surface area contributed by atoms with Crippen molar-refractivity contribution in [2.45, 2.75) is 26.2 Å². The molecular formula is C28H36N4O3. The van der Waals surface area contributed by atoms with E-state index in [-0.39, 0.29) is 5.91 Å². The summed E-state index contributed by atoms with van der Waals surface area (Å²) in [5.74, 6) is 1.54. The molecular weight excluding hydrogens is 440 g/mol. The number of imidazole rings is 1. The molecule has 1 aromatic heterocycles. The highest BCUT2D eigenvalue weighted by Gasteiger charge is 2.06. The van der Waals surface area contributed by atoms with Crippen LogP contribution in [0, 0.1) is 6.92 Å². The number of amides is 1. The number of hydrogen-bond donors (Lipinski definition) is 1. The summed E-state index contributed by atoms with van der Waals surface area (Å²) in [6.07, 6.45) is 9.89. The topological polar surface area (TPSA) is 68.6 Å². The zero-order valence-corrected chi connectivity index (χ0v) is 21.2. The van der Waals surface area contributed by atoms with E-state index in [2.05, 4.69) is 28.3 Å². The molecule has 3 rings (SSSR count). The Morgan fingerprint density at radius 3 is 2.54 bits per heavy atom. The van der Waals surface area contributed by atoms with Crippen molar-refractivity contribution in [3.05, 3.63) is 77.9 Å². The Labute approximate surface area is 208 Å². The monoisotopic (exact) mass is 476 g/mol. The molecule has 2 aromatic carbocycles. The SMILES string of the molecule is COc1ccc(CCN(C)CCCNC(=O)CC=Cc2ccc(-n3cnc(C)c3)cc2)cc1OC. The molecule has 186 valence electrons. The highest BCUT2D eigenvalue weighted by atomic mass is 16.5. The van der Waals surface area contributed by atoms with Gasteiger partial charge in [0.25, 0.3) is 0 Å². The smallest absolute Gasteiger partial charge is 0.223 e. The van der Waals surface area contributed by atoms with E-state index in [4.69, 9.17) is 9.47 Å². The van der Waals surface area contributed by atoms with Crippen LogP contribution in [0.25, 0.3) is 11.8 Å². The fourth-order valence-electron chi connectivity index (χ4n) is 3.74. The number of rotatable bonds is 13. The first-order chi connectivity index (χ1) is 17.0. The van der Waals surface area contributed by atoms with Crippen LogP contribution in [0.2, 0.25) is 0 Å². The van der Waals surface area contributed by atoms with Gasteiger partial charge in [-0.05, 0) is 68.8 Å². The van der Waals surface area contributed by atoms with E-state index in [9.17, 15) is 4.79 Å². The second-order valence-electron chi connectivity index (χ2n) is 8.57. The average molecular weight is 477 g/mol. The van der Waals surface area contributed by atoms with E-state index >= 15 is 0 Å². The molecule has 1 heterocycles. The van der Waals surface area contributed by atoms with E-state index in [0.717, 1.165) is 54.4 Å². The molecule has 7 nitrogen and oxygen atoms in total. The lowest BCUT2D eigenvalue weighted by molar-refractivity contribution is -0.120. The molecule has 0 bridgehead atoms. The van der Waals surface area contributed by atoms with Crippen LogP contribution in [0.5, 0.6) is 11.5 Å². The van der Waals surface area contributed by atoms with Gasteiger partial charge in [0.1, 0.15) is 0 Å². The number of nitrogens with zero attached hydrogens (tertiary/aromatic N) is 3. The van der Waals surface area contributed by atoms with Gasteiger partial charge in [-0.25, -0.2) is 4.98 Å². The normalized spacial score (nSPS) is 11.2. The number of carbonyl (C=O) groups is 1. The van der Waals surface area contributed by atoms with Gasteiger partial charge in [0.05, 0.1) is 26.2 Å². The third-order valence-corrected chi connectivity index (χ3v) is 5.79. The highest BCUT2D eigenvalue weighted by Crippen LogP contribution is 2.27. The van der Waals surface area contributed by atoms with Crippen molar-refractivity contribution < 1.29 is 14.3 Å². The predicted octanol–water partition coefficient (Wildman–Crippen LogP) is 4.28. The molecule has 0 aliphatic rings. The van der Waals surface area contributed by atoms with Gasteiger partial charge in [-0.3, -0.25) is 4.79 Å². The molecule has 1 N–H and O–H groups in total. The maximum absolute atomic E-state index is 12.1. The molecule has 1 amide bonds. The molecule has 7 heteroatoms. The summed E-state index contributed by atoms with van der Waals surface area (Å²) in [5, 5.41) is 3.00. The van der Waals surface area contributed by atoms with E-state index in [1.807, 2.05) is 66.2 Å². The number of hydrogen-bond acceptors (Lipinski definition) is 5. The number of nitrogens with one attached hydrogen (secondary N) is 1. The molecule has 0 fully saturated rings. The molecule has 0 saturated heterocycles. The van der Waals surface area contributed by atoms with Gasteiger partial charge in [0, 0.05) is 31.4 Å². The van der Waals surface area contributed by atoms with Gasteiger partial charge in [-0.1, -0.05) is 30.4 Å². The van der Waals surface area contributed by atoms with E-state index in [1.165, 1.54) is 5.56 Å². The van der Waals surface area contributed by atoms with Crippen molar-refractivity contribution in [3.8, 4) is 17.2 Å². The van der Waals surface area contributed by atoms with Crippen molar-refractivity contribution in [3.63, 3.8) is 0 Å². The first-order valence-corrected chi connectivity index (χ1v) is 11.9. The summed E-state index contributed by atoms with van der Waals surface area (Å²) in [6, 6.07) is 14.2. The van der Waals surface area contributed by atoms with Crippen LogP contribution < -0.4 is 14.8 Å². The second-order valence-corrected chi connectivity index (χ2v) is 8.57. The quantitative estimate of drug-likeness (QED) is 0.373. The Morgan fingerprint density at radius 1 is 1.09 bits per heavy atom. The van der Waals surface area contributed by atoms with E-state index in [0.29, 0.717) is 13.0 Å². The van der Waals surface area contributed by atoms with Crippen LogP contribution in [0.15, 0.2) is 61.1 Å². The third kappa shape index (κ3) is 8.30. The Balaban J connectivity index is 1.30. The fourth-order valence-corrected chi connectivity index (χ4v) is 3.74. The van der Waals surface area contributed by atoms with Gasteiger partial charge >= 0.3 is 0 Å². The summed E-state index contributed by atoms with van der Waals surface area (Å²) >= 11 is 0. The molecule has 0 unspecified atom stereocenters. The number of aromatic nitrogens is 2. The van der Waals surface area contributed by atoms with Crippen LogP contribution in [0.4, 0.5) is 0 Å².